The van der Waals surface area contributed by atoms with Crippen molar-refractivity contribution < 1.29 is 22.9 Å². The van der Waals surface area contributed by atoms with Crippen LogP contribution in [0.1, 0.15) is 23.8 Å². The van der Waals surface area contributed by atoms with Gasteiger partial charge in [0.1, 0.15) is 10.6 Å². The van der Waals surface area contributed by atoms with Gasteiger partial charge in [0.2, 0.25) is 0 Å². The van der Waals surface area contributed by atoms with Gasteiger partial charge >= 0.3 is 0 Å². The summed E-state index contributed by atoms with van der Waals surface area (Å²) in [6.45, 7) is 2.10. The normalized spacial score (nSPS) is 11.3. The number of nitrogens with one attached hydrogen (secondary N) is 2. The van der Waals surface area contributed by atoms with E-state index in [1.165, 1.54) is 13.2 Å². The van der Waals surface area contributed by atoms with Crippen molar-refractivity contribution in [2.45, 2.75) is 24.8 Å². The van der Waals surface area contributed by atoms with Gasteiger partial charge in [-0.1, -0.05) is 25.1 Å². The third-order valence-corrected chi connectivity index (χ3v) is 5.73. The van der Waals surface area contributed by atoms with Crippen molar-refractivity contribution in [2.24, 2.45) is 0 Å². The van der Waals surface area contributed by atoms with Crippen LogP contribution < -0.4 is 20.6 Å². The predicted molar refractivity (Wildman–Crippen MR) is 114 cm³/mol. The highest BCUT2D eigenvalue weighted by atomic mass is 32.2. The van der Waals surface area contributed by atoms with Crippen LogP contribution in [0.3, 0.4) is 0 Å². The number of hydrogen-bond donors (Lipinski definition) is 2. The SMILES string of the molecule is CCCn1nc(C(=O)NNS(=O)(=O)c2cc([N+](=O)[O-])ccc2OC)c2ccccc2c1=O. The van der Waals surface area contributed by atoms with Crippen LogP contribution in [-0.2, 0) is 16.6 Å². The molecule has 0 saturated carbocycles. The van der Waals surface area contributed by atoms with Gasteiger partial charge in [-0.15, -0.1) is 4.83 Å². The molecule has 1 heterocycles. The Kier molecular flexibility index (Phi) is 6.50. The van der Waals surface area contributed by atoms with Crippen molar-refractivity contribution in [2.75, 3.05) is 7.11 Å². The number of non-ortho nitro benzene ring substituents is 1. The van der Waals surface area contributed by atoms with Gasteiger partial charge in [0.05, 0.1) is 17.4 Å². The van der Waals surface area contributed by atoms with Crippen LogP contribution in [0, 0.1) is 10.1 Å². The maximum absolute atomic E-state index is 12.8. The summed E-state index contributed by atoms with van der Waals surface area (Å²) >= 11 is 0. The summed E-state index contributed by atoms with van der Waals surface area (Å²) in [5.41, 5.74) is 1.02. The van der Waals surface area contributed by atoms with Gasteiger partial charge in [-0.05, 0) is 18.6 Å². The second-order valence-electron chi connectivity index (χ2n) is 6.57. The summed E-state index contributed by atoms with van der Waals surface area (Å²) < 4.78 is 31.5. The molecule has 0 unspecified atom stereocenters. The molecule has 0 bridgehead atoms. The first-order valence-electron chi connectivity index (χ1n) is 9.34. The lowest BCUT2D eigenvalue weighted by atomic mass is 10.1. The van der Waals surface area contributed by atoms with Crippen LogP contribution >= 0.6 is 0 Å². The number of rotatable bonds is 8. The molecule has 1 amide bonds. The highest BCUT2D eigenvalue weighted by molar-refractivity contribution is 7.89. The average molecular weight is 461 g/mol. The third kappa shape index (κ3) is 4.43. The van der Waals surface area contributed by atoms with Gasteiger partial charge < -0.3 is 4.74 Å². The molecule has 0 atom stereocenters. The van der Waals surface area contributed by atoms with Gasteiger partial charge in [0.25, 0.3) is 27.2 Å². The predicted octanol–water partition coefficient (Wildman–Crippen LogP) is 1.35. The fraction of sp³-hybridized carbons (Fsp3) is 0.211. The van der Waals surface area contributed by atoms with E-state index in [9.17, 15) is 28.1 Å². The number of carbonyl (C=O) groups is 1. The number of benzene rings is 2. The maximum Gasteiger partial charge on any atom is 0.287 e. The molecular formula is C19H19N5O7S. The zero-order valence-corrected chi connectivity index (χ0v) is 17.9. The summed E-state index contributed by atoms with van der Waals surface area (Å²) in [7, 11) is -3.25. The van der Waals surface area contributed by atoms with E-state index >= 15 is 0 Å². The van der Waals surface area contributed by atoms with Gasteiger partial charge in [-0.3, -0.25) is 25.1 Å². The fourth-order valence-corrected chi connectivity index (χ4v) is 4.01. The molecule has 1 aromatic heterocycles. The molecule has 0 aliphatic rings. The smallest absolute Gasteiger partial charge is 0.287 e. The maximum atomic E-state index is 12.8. The van der Waals surface area contributed by atoms with Crippen LogP contribution in [0.5, 0.6) is 5.75 Å². The summed E-state index contributed by atoms with van der Waals surface area (Å²) in [4.78, 5) is 36.9. The number of hydrazine groups is 1. The second-order valence-corrected chi connectivity index (χ2v) is 8.23. The molecule has 32 heavy (non-hydrogen) atoms. The van der Waals surface area contributed by atoms with Crippen molar-refractivity contribution in [3.05, 3.63) is 68.6 Å². The van der Waals surface area contributed by atoms with Crippen molar-refractivity contribution in [3.8, 4) is 5.75 Å². The highest BCUT2D eigenvalue weighted by Gasteiger charge is 2.25. The molecule has 0 aliphatic heterocycles. The number of amides is 1. The number of aromatic nitrogens is 2. The highest BCUT2D eigenvalue weighted by Crippen LogP contribution is 2.27. The molecule has 2 aromatic carbocycles. The Labute approximate surface area is 182 Å². The van der Waals surface area contributed by atoms with Crippen LogP contribution in [0.25, 0.3) is 10.8 Å². The van der Waals surface area contributed by atoms with E-state index in [4.69, 9.17) is 4.74 Å². The Balaban J connectivity index is 1.96. The van der Waals surface area contributed by atoms with Crippen LogP contribution in [0.4, 0.5) is 5.69 Å². The van der Waals surface area contributed by atoms with E-state index in [1.54, 1.807) is 18.2 Å². The van der Waals surface area contributed by atoms with Gasteiger partial charge in [0, 0.05) is 24.1 Å². The zero-order valence-electron chi connectivity index (χ0n) is 17.1. The number of nitro groups is 1. The molecule has 168 valence electrons. The lowest BCUT2D eigenvalue weighted by Crippen LogP contribution is -2.42. The quantitative estimate of drug-likeness (QED) is 0.375. The monoisotopic (exact) mass is 461 g/mol. The van der Waals surface area contributed by atoms with E-state index in [-0.39, 0.29) is 34.3 Å². The molecule has 0 spiro atoms. The average Bonchev–Trinajstić information content (AvgIpc) is 2.79. The molecule has 3 rings (SSSR count). The number of carbonyl (C=O) groups excluding carboxylic acids is 1. The molecule has 12 nitrogen and oxygen atoms in total. The van der Waals surface area contributed by atoms with Crippen molar-refractivity contribution >= 4 is 32.4 Å². The molecule has 0 radical (unpaired) electrons. The molecule has 0 saturated heterocycles. The number of nitro benzene ring substituents is 1. The van der Waals surface area contributed by atoms with Gasteiger partial charge in [-0.25, -0.2) is 13.1 Å². The second kappa shape index (κ2) is 9.11. The summed E-state index contributed by atoms with van der Waals surface area (Å²) in [6.07, 6.45) is 0.589. The Bertz CT molecular complexity index is 1370. The number of ether oxygens (including phenoxy) is 1. The lowest BCUT2D eigenvalue weighted by Gasteiger charge is -2.13. The van der Waals surface area contributed by atoms with Crippen molar-refractivity contribution in [1.82, 2.24) is 20.0 Å². The summed E-state index contributed by atoms with van der Waals surface area (Å²) in [6, 6.07) is 9.34. The zero-order chi connectivity index (χ0) is 23.5. The van der Waals surface area contributed by atoms with Crippen LogP contribution in [-0.4, -0.2) is 36.1 Å². The topological polar surface area (TPSA) is 163 Å². The van der Waals surface area contributed by atoms with Crippen LogP contribution in [0.2, 0.25) is 0 Å². The number of methoxy groups -OCH3 is 1. The summed E-state index contributed by atoms with van der Waals surface area (Å²) in [5.74, 6) is -1.07. The number of nitrogens with zero attached hydrogens (tertiary/aromatic N) is 3. The first kappa shape index (κ1) is 22.8. The van der Waals surface area contributed by atoms with E-state index < -0.39 is 31.4 Å². The first-order valence-corrected chi connectivity index (χ1v) is 10.8. The molecule has 2 N–H and O–H groups in total. The number of aryl methyl sites for hydroxylation is 1. The van der Waals surface area contributed by atoms with E-state index in [0.29, 0.717) is 6.42 Å². The fourth-order valence-electron chi connectivity index (χ4n) is 2.98. The number of hydrogen-bond acceptors (Lipinski definition) is 8. The Hall–Kier alpha value is -3.84. The number of sulfonamides is 1. The summed E-state index contributed by atoms with van der Waals surface area (Å²) in [5, 5.41) is 15.6. The molecule has 0 aliphatic carbocycles. The lowest BCUT2D eigenvalue weighted by molar-refractivity contribution is -0.385. The molecule has 13 heteroatoms. The first-order chi connectivity index (χ1) is 15.2. The van der Waals surface area contributed by atoms with E-state index in [1.807, 2.05) is 17.2 Å². The minimum atomic E-state index is -4.45. The van der Waals surface area contributed by atoms with Crippen LogP contribution in [0.15, 0.2) is 52.2 Å². The third-order valence-electron chi connectivity index (χ3n) is 4.46. The van der Waals surface area contributed by atoms with Gasteiger partial charge in [-0.2, -0.15) is 5.10 Å². The molecular weight excluding hydrogens is 442 g/mol. The van der Waals surface area contributed by atoms with Crippen molar-refractivity contribution in [3.63, 3.8) is 0 Å². The molecule has 0 fully saturated rings. The Morgan fingerprint density at radius 1 is 1.22 bits per heavy atom. The minimum Gasteiger partial charge on any atom is -0.495 e. The Morgan fingerprint density at radius 3 is 2.53 bits per heavy atom. The minimum absolute atomic E-state index is 0.155. The van der Waals surface area contributed by atoms with E-state index in [0.717, 1.165) is 22.9 Å². The largest absolute Gasteiger partial charge is 0.495 e. The van der Waals surface area contributed by atoms with Crippen molar-refractivity contribution in [1.29, 1.82) is 0 Å². The van der Waals surface area contributed by atoms with Gasteiger partial charge in [0.15, 0.2) is 5.69 Å². The number of fused-ring (bicyclic) bond motifs is 1. The standard InChI is InChI=1S/C19H19N5O7S/c1-3-10-23-19(26)14-7-5-4-6-13(14)17(21-23)18(25)20-22-32(29,30)16-11-12(24(27)28)8-9-15(16)31-2/h4-9,11,22H,3,10H2,1-2H3,(H,20,25). The van der Waals surface area contributed by atoms with E-state index in [2.05, 4.69) is 5.10 Å². The Morgan fingerprint density at radius 2 is 1.91 bits per heavy atom. The molecule has 3 aromatic rings.